The van der Waals surface area contributed by atoms with Gasteiger partial charge in [-0.25, -0.2) is 0 Å². The maximum Gasteiger partial charge on any atom is 0.255 e. The van der Waals surface area contributed by atoms with Gasteiger partial charge in [0.25, 0.3) is 5.91 Å². The second-order valence-electron chi connectivity index (χ2n) is 6.00. The van der Waals surface area contributed by atoms with E-state index >= 15 is 0 Å². The first-order valence-corrected chi connectivity index (χ1v) is 8.24. The summed E-state index contributed by atoms with van der Waals surface area (Å²) < 4.78 is 0. The lowest BCUT2D eigenvalue weighted by molar-refractivity contribution is -0.121. The largest absolute Gasteiger partial charge is 0.320 e. The van der Waals surface area contributed by atoms with Crippen LogP contribution >= 0.6 is 0 Å². The summed E-state index contributed by atoms with van der Waals surface area (Å²) in [5.74, 6) is -0.711. The van der Waals surface area contributed by atoms with Crippen LogP contribution in [0.2, 0.25) is 0 Å². The van der Waals surface area contributed by atoms with Gasteiger partial charge in [-0.2, -0.15) is 0 Å². The highest BCUT2D eigenvalue weighted by Crippen LogP contribution is 2.24. The Hall–Kier alpha value is -3.54. The van der Waals surface area contributed by atoms with Crippen molar-refractivity contribution in [2.75, 3.05) is 10.2 Å². The van der Waals surface area contributed by atoms with Crippen LogP contribution < -0.4 is 10.2 Å². The number of aromatic nitrogens is 1. The molecule has 1 fully saturated rings. The highest BCUT2D eigenvalue weighted by atomic mass is 16.2. The van der Waals surface area contributed by atoms with Gasteiger partial charge >= 0.3 is 0 Å². The van der Waals surface area contributed by atoms with Gasteiger partial charge in [0.15, 0.2) is 0 Å². The molecule has 1 aliphatic heterocycles. The predicted molar refractivity (Wildman–Crippen MR) is 97.9 cm³/mol. The molecule has 0 atom stereocenters. The van der Waals surface area contributed by atoms with Crippen LogP contribution in [0.4, 0.5) is 11.4 Å². The first-order valence-electron chi connectivity index (χ1n) is 8.24. The van der Waals surface area contributed by atoms with Crippen LogP contribution in [0.3, 0.4) is 0 Å². The van der Waals surface area contributed by atoms with E-state index in [1.54, 1.807) is 36.5 Å². The molecule has 1 saturated heterocycles. The van der Waals surface area contributed by atoms with E-state index in [9.17, 15) is 14.4 Å². The normalized spacial score (nSPS) is 14.1. The van der Waals surface area contributed by atoms with Crippen molar-refractivity contribution in [3.63, 3.8) is 0 Å². The number of hydrogen-bond donors (Lipinski definition) is 1. The number of anilines is 2. The third-order valence-electron chi connectivity index (χ3n) is 4.32. The highest BCUT2D eigenvalue weighted by molar-refractivity contribution is 6.20. The van der Waals surface area contributed by atoms with Crippen molar-refractivity contribution < 1.29 is 14.4 Å². The Morgan fingerprint density at radius 1 is 0.923 bits per heavy atom. The molecule has 0 radical (unpaired) electrons. The van der Waals surface area contributed by atoms with Crippen molar-refractivity contribution in [1.29, 1.82) is 0 Å². The maximum atomic E-state index is 12.5. The first kappa shape index (κ1) is 16.0. The number of nitrogens with zero attached hydrogens (tertiary/aromatic N) is 2. The van der Waals surface area contributed by atoms with Crippen molar-refractivity contribution >= 4 is 40.0 Å². The average Bonchev–Trinajstić information content (AvgIpc) is 3.00. The Morgan fingerprint density at radius 2 is 1.62 bits per heavy atom. The summed E-state index contributed by atoms with van der Waals surface area (Å²) in [6.07, 6.45) is 2.14. The van der Waals surface area contributed by atoms with Crippen LogP contribution in [-0.2, 0) is 9.59 Å². The van der Waals surface area contributed by atoms with Gasteiger partial charge in [-0.1, -0.05) is 18.2 Å². The fourth-order valence-electron chi connectivity index (χ4n) is 3.03. The fraction of sp³-hybridized carbons (Fsp3) is 0.100. The van der Waals surface area contributed by atoms with E-state index in [-0.39, 0.29) is 30.6 Å². The van der Waals surface area contributed by atoms with Gasteiger partial charge in [-0.15, -0.1) is 0 Å². The Kier molecular flexibility index (Phi) is 3.93. The molecule has 6 heteroatoms. The fourth-order valence-corrected chi connectivity index (χ4v) is 3.03. The van der Waals surface area contributed by atoms with Gasteiger partial charge in [0.05, 0.1) is 16.9 Å². The van der Waals surface area contributed by atoms with Crippen LogP contribution in [0.5, 0.6) is 0 Å². The molecule has 3 amide bonds. The second-order valence-corrected chi connectivity index (χ2v) is 6.00. The monoisotopic (exact) mass is 345 g/mol. The molecule has 1 aromatic heterocycles. The lowest BCUT2D eigenvalue weighted by atomic mass is 10.1. The van der Waals surface area contributed by atoms with E-state index in [0.29, 0.717) is 22.5 Å². The average molecular weight is 345 g/mol. The molecular weight excluding hydrogens is 330 g/mol. The summed E-state index contributed by atoms with van der Waals surface area (Å²) in [6, 6.07) is 15.8. The Morgan fingerprint density at radius 3 is 2.35 bits per heavy atom. The van der Waals surface area contributed by atoms with Crippen molar-refractivity contribution in [1.82, 2.24) is 4.98 Å². The van der Waals surface area contributed by atoms with E-state index in [1.807, 2.05) is 24.3 Å². The number of carbonyl (C=O) groups excluding carboxylic acids is 3. The van der Waals surface area contributed by atoms with E-state index in [2.05, 4.69) is 10.3 Å². The molecule has 26 heavy (non-hydrogen) atoms. The maximum absolute atomic E-state index is 12.5. The zero-order valence-electron chi connectivity index (χ0n) is 13.8. The number of fused-ring (bicyclic) bond motifs is 1. The molecular formula is C20H15N3O3. The van der Waals surface area contributed by atoms with Crippen molar-refractivity contribution in [2.24, 2.45) is 0 Å². The Balaban J connectivity index is 1.57. The van der Waals surface area contributed by atoms with Gasteiger partial charge in [-0.3, -0.25) is 24.3 Å². The number of pyridine rings is 1. The van der Waals surface area contributed by atoms with Crippen LogP contribution in [0.15, 0.2) is 60.8 Å². The second kappa shape index (κ2) is 6.40. The van der Waals surface area contributed by atoms with E-state index in [0.717, 1.165) is 10.3 Å². The van der Waals surface area contributed by atoms with Gasteiger partial charge in [0.1, 0.15) is 0 Å². The first-order chi connectivity index (χ1) is 12.6. The molecule has 128 valence electrons. The summed E-state index contributed by atoms with van der Waals surface area (Å²) in [5.41, 5.74) is 2.26. The minimum atomic E-state index is -0.284. The van der Waals surface area contributed by atoms with Crippen LogP contribution in [0.25, 0.3) is 10.9 Å². The third kappa shape index (κ3) is 2.82. The van der Waals surface area contributed by atoms with Crippen LogP contribution in [0, 0.1) is 0 Å². The zero-order chi connectivity index (χ0) is 18.1. The molecule has 1 aliphatic rings. The molecule has 6 nitrogen and oxygen atoms in total. The number of benzene rings is 2. The number of amides is 3. The Bertz CT molecular complexity index is 1010. The van der Waals surface area contributed by atoms with E-state index in [4.69, 9.17) is 0 Å². The molecule has 3 aromatic rings. The highest BCUT2D eigenvalue weighted by Gasteiger charge is 2.30. The zero-order valence-corrected chi connectivity index (χ0v) is 13.8. The SMILES string of the molecule is O=C(Nc1cccc2cccnc12)c1ccc(N2C(=O)CCC2=O)cc1. The quantitative estimate of drug-likeness (QED) is 0.740. The molecule has 1 N–H and O–H groups in total. The number of imide groups is 1. The molecule has 0 saturated carbocycles. The molecule has 2 heterocycles. The van der Waals surface area contributed by atoms with Gasteiger partial charge in [0, 0.05) is 30.0 Å². The molecule has 0 aliphatic carbocycles. The van der Waals surface area contributed by atoms with Crippen molar-refractivity contribution in [3.8, 4) is 0 Å². The molecule has 2 aromatic carbocycles. The smallest absolute Gasteiger partial charge is 0.255 e. The summed E-state index contributed by atoms with van der Waals surface area (Å²) in [4.78, 5) is 41.6. The standard InChI is InChI=1S/C20H15N3O3/c24-17-10-11-18(25)23(17)15-8-6-14(7-9-15)20(26)22-16-5-1-3-13-4-2-12-21-19(13)16/h1-9,12H,10-11H2,(H,22,26). The summed E-state index contributed by atoms with van der Waals surface area (Å²) in [6.45, 7) is 0. The van der Waals surface area contributed by atoms with E-state index < -0.39 is 0 Å². The number of hydrogen-bond acceptors (Lipinski definition) is 4. The van der Waals surface area contributed by atoms with Crippen molar-refractivity contribution in [3.05, 3.63) is 66.4 Å². The van der Waals surface area contributed by atoms with Gasteiger partial charge in [-0.05, 0) is 36.4 Å². The predicted octanol–water partition coefficient (Wildman–Crippen LogP) is 3.14. The van der Waals surface area contributed by atoms with E-state index in [1.165, 1.54) is 0 Å². The number of carbonyl (C=O) groups is 3. The number of rotatable bonds is 3. The number of nitrogens with one attached hydrogen (secondary N) is 1. The summed E-state index contributed by atoms with van der Waals surface area (Å²) in [7, 11) is 0. The van der Waals surface area contributed by atoms with Crippen LogP contribution in [-0.4, -0.2) is 22.7 Å². The topological polar surface area (TPSA) is 79.4 Å². The summed E-state index contributed by atoms with van der Waals surface area (Å²) >= 11 is 0. The minimum absolute atomic E-state index is 0.214. The van der Waals surface area contributed by atoms with Gasteiger partial charge in [0.2, 0.25) is 11.8 Å². The number of para-hydroxylation sites is 1. The minimum Gasteiger partial charge on any atom is -0.320 e. The lowest BCUT2D eigenvalue weighted by Crippen LogP contribution is -2.28. The Labute approximate surface area is 149 Å². The molecule has 4 rings (SSSR count). The molecule has 0 unspecified atom stereocenters. The summed E-state index contributed by atoms with van der Waals surface area (Å²) in [5, 5.41) is 3.80. The van der Waals surface area contributed by atoms with Crippen LogP contribution in [0.1, 0.15) is 23.2 Å². The van der Waals surface area contributed by atoms with Gasteiger partial charge < -0.3 is 5.32 Å². The van der Waals surface area contributed by atoms with Crippen molar-refractivity contribution in [2.45, 2.75) is 12.8 Å². The molecule has 0 spiro atoms. The molecule has 0 bridgehead atoms. The lowest BCUT2D eigenvalue weighted by Gasteiger charge is -2.14. The third-order valence-corrected chi connectivity index (χ3v) is 4.32.